The summed E-state index contributed by atoms with van der Waals surface area (Å²) in [6.45, 7) is -0.353. The van der Waals surface area contributed by atoms with Gasteiger partial charge in [-0.15, -0.1) is 0 Å². The highest BCUT2D eigenvalue weighted by Gasteiger charge is 2.21. The standard InChI is InChI=1S/C19H19N3O4S/c1-26-16-10-8-15(9-11-16)22(27(2,24)25)13-18(23)21-17-7-3-5-14-6-4-12-20-19(14)17/h3-12H,13H2,1-2H3,(H,21,23). The first kappa shape index (κ1) is 18.7. The van der Waals surface area contributed by atoms with Gasteiger partial charge in [-0.1, -0.05) is 18.2 Å². The van der Waals surface area contributed by atoms with Crippen LogP contribution in [-0.4, -0.2) is 39.2 Å². The molecular weight excluding hydrogens is 366 g/mol. The van der Waals surface area contributed by atoms with Crippen molar-refractivity contribution in [1.82, 2.24) is 4.98 Å². The Morgan fingerprint density at radius 3 is 2.48 bits per heavy atom. The Morgan fingerprint density at radius 2 is 1.81 bits per heavy atom. The van der Waals surface area contributed by atoms with Gasteiger partial charge < -0.3 is 10.1 Å². The van der Waals surface area contributed by atoms with Gasteiger partial charge >= 0.3 is 0 Å². The van der Waals surface area contributed by atoms with E-state index in [0.29, 0.717) is 22.6 Å². The van der Waals surface area contributed by atoms with Crippen LogP contribution in [0.5, 0.6) is 5.75 Å². The SMILES string of the molecule is COc1ccc(N(CC(=O)Nc2cccc3cccnc23)S(C)(=O)=O)cc1. The van der Waals surface area contributed by atoms with Crippen LogP contribution in [0.25, 0.3) is 10.9 Å². The van der Waals surface area contributed by atoms with Crippen molar-refractivity contribution >= 4 is 38.2 Å². The van der Waals surface area contributed by atoms with Gasteiger partial charge in [0, 0.05) is 11.6 Å². The fraction of sp³-hybridized carbons (Fsp3) is 0.158. The molecule has 0 fully saturated rings. The zero-order valence-electron chi connectivity index (χ0n) is 14.9. The number of sulfonamides is 1. The molecule has 0 aliphatic rings. The molecule has 0 saturated heterocycles. The molecule has 0 radical (unpaired) electrons. The first-order valence-electron chi connectivity index (χ1n) is 8.14. The van der Waals surface area contributed by atoms with E-state index in [4.69, 9.17) is 4.74 Å². The summed E-state index contributed by atoms with van der Waals surface area (Å²) in [5, 5.41) is 3.63. The summed E-state index contributed by atoms with van der Waals surface area (Å²) >= 11 is 0. The lowest BCUT2D eigenvalue weighted by molar-refractivity contribution is -0.114. The second kappa shape index (κ2) is 7.63. The van der Waals surface area contributed by atoms with E-state index in [0.717, 1.165) is 15.9 Å². The molecule has 1 N–H and O–H groups in total. The molecular formula is C19H19N3O4S. The van der Waals surface area contributed by atoms with Crippen molar-refractivity contribution in [2.24, 2.45) is 0 Å². The molecule has 27 heavy (non-hydrogen) atoms. The lowest BCUT2D eigenvalue weighted by Crippen LogP contribution is -2.37. The number of fused-ring (bicyclic) bond motifs is 1. The van der Waals surface area contributed by atoms with Gasteiger partial charge in [-0.3, -0.25) is 14.1 Å². The van der Waals surface area contributed by atoms with Crippen molar-refractivity contribution in [3.8, 4) is 5.75 Å². The molecule has 0 saturated carbocycles. The Morgan fingerprint density at radius 1 is 1.11 bits per heavy atom. The van der Waals surface area contributed by atoms with Gasteiger partial charge in [0.25, 0.3) is 0 Å². The van der Waals surface area contributed by atoms with E-state index in [1.807, 2.05) is 18.2 Å². The smallest absolute Gasteiger partial charge is 0.245 e. The monoisotopic (exact) mass is 385 g/mol. The topological polar surface area (TPSA) is 88.6 Å². The van der Waals surface area contributed by atoms with E-state index < -0.39 is 15.9 Å². The van der Waals surface area contributed by atoms with Crippen LogP contribution < -0.4 is 14.4 Å². The number of carbonyl (C=O) groups is 1. The predicted octanol–water partition coefficient (Wildman–Crippen LogP) is 2.65. The van der Waals surface area contributed by atoms with Crippen LogP contribution in [0.1, 0.15) is 0 Å². The van der Waals surface area contributed by atoms with Crippen molar-refractivity contribution < 1.29 is 17.9 Å². The van der Waals surface area contributed by atoms with E-state index in [2.05, 4.69) is 10.3 Å². The maximum Gasteiger partial charge on any atom is 0.245 e. The maximum atomic E-state index is 12.5. The molecule has 8 heteroatoms. The number of rotatable bonds is 6. The summed E-state index contributed by atoms with van der Waals surface area (Å²) in [7, 11) is -2.13. The number of carbonyl (C=O) groups excluding carboxylic acids is 1. The van der Waals surface area contributed by atoms with Crippen LogP contribution >= 0.6 is 0 Å². The Kier molecular flexibility index (Phi) is 5.27. The van der Waals surface area contributed by atoms with E-state index in [-0.39, 0.29) is 6.54 Å². The Labute approximate surface area is 157 Å². The highest BCUT2D eigenvalue weighted by atomic mass is 32.2. The third-order valence-corrected chi connectivity index (χ3v) is 5.10. The van der Waals surface area contributed by atoms with Crippen LogP contribution in [-0.2, 0) is 14.8 Å². The first-order valence-corrected chi connectivity index (χ1v) is 9.98. The van der Waals surface area contributed by atoms with Crippen molar-refractivity contribution in [3.05, 3.63) is 60.8 Å². The number of nitrogens with zero attached hydrogens (tertiary/aromatic N) is 2. The predicted molar refractivity (Wildman–Crippen MR) is 106 cm³/mol. The van der Waals surface area contributed by atoms with Gasteiger partial charge in [-0.25, -0.2) is 8.42 Å². The van der Waals surface area contributed by atoms with Crippen LogP contribution in [0.4, 0.5) is 11.4 Å². The van der Waals surface area contributed by atoms with Gasteiger partial charge in [0.1, 0.15) is 12.3 Å². The number of nitrogens with one attached hydrogen (secondary N) is 1. The minimum absolute atomic E-state index is 0.353. The number of hydrogen-bond donors (Lipinski definition) is 1. The number of benzene rings is 2. The Hall–Kier alpha value is -3.13. The highest BCUT2D eigenvalue weighted by Crippen LogP contribution is 2.23. The number of amides is 1. The fourth-order valence-corrected chi connectivity index (χ4v) is 3.53. The van der Waals surface area contributed by atoms with Crippen LogP contribution in [0.15, 0.2) is 60.8 Å². The molecule has 1 aromatic heterocycles. The summed E-state index contributed by atoms with van der Waals surface area (Å²) in [5.41, 5.74) is 1.55. The number of para-hydroxylation sites is 1. The van der Waals surface area contributed by atoms with E-state index >= 15 is 0 Å². The molecule has 0 unspecified atom stereocenters. The normalized spacial score (nSPS) is 11.2. The maximum absolute atomic E-state index is 12.5. The lowest BCUT2D eigenvalue weighted by atomic mass is 10.2. The van der Waals surface area contributed by atoms with E-state index in [9.17, 15) is 13.2 Å². The quantitative estimate of drug-likeness (QED) is 0.705. The zero-order chi connectivity index (χ0) is 19.4. The van der Waals surface area contributed by atoms with Crippen LogP contribution in [0.3, 0.4) is 0 Å². The number of hydrogen-bond acceptors (Lipinski definition) is 5. The molecule has 1 heterocycles. The Balaban J connectivity index is 1.84. The summed E-state index contributed by atoms with van der Waals surface area (Å²) in [5.74, 6) is 0.132. The van der Waals surface area contributed by atoms with E-state index in [1.165, 1.54) is 7.11 Å². The minimum atomic E-state index is -3.65. The molecule has 0 aliphatic heterocycles. The largest absolute Gasteiger partial charge is 0.497 e. The summed E-state index contributed by atoms with van der Waals surface area (Å²) < 4.78 is 30.5. The van der Waals surface area contributed by atoms with Crippen molar-refractivity contribution in [3.63, 3.8) is 0 Å². The fourth-order valence-electron chi connectivity index (χ4n) is 2.67. The van der Waals surface area contributed by atoms with Crippen molar-refractivity contribution in [1.29, 1.82) is 0 Å². The molecule has 0 spiro atoms. The molecule has 1 amide bonds. The number of ether oxygens (including phenoxy) is 1. The molecule has 0 aliphatic carbocycles. The van der Waals surface area contributed by atoms with Gasteiger partial charge in [0.05, 0.1) is 30.3 Å². The molecule has 140 valence electrons. The second-order valence-corrected chi connectivity index (χ2v) is 7.80. The van der Waals surface area contributed by atoms with Crippen LogP contribution in [0, 0.1) is 0 Å². The molecule has 7 nitrogen and oxygen atoms in total. The van der Waals surface area contributed by atoms with Crippen molar-refractivity contribution in [2.45, 2.75) is 0 Å². The van der Waals surface area contributed by atoms with Gasteiger partial charge in [0.2, 0.25) is 15.9 Å². The third kappa shape index (κ3) is 4.35. The number of anilines is 2. The summed E-state index contributed by atoms with van der Waals surface area (Å²) in [6.07, 6.45) is 2.70. The average molecular weight is 385 g/mol. The average Bonchev–Trinajstić information content (AvgIpc) is 2.66. The highest BCUT2D eigenvalue weighted by molar-refractivity contribution is 7.92. The van der Waals surface area contributed by atoms with E-state index in [1.54, 1.807) is 42.6 Å². The van der Waals surface area contributed by atoms with Gasteiger partial charge in [-0.2, -0.15) is 0 Å². The van der Waals surface area contributed by atoms with Gasteiger partial charge in [0.15, 0.2) is 0 Å². The Bertz CT molecular complexity index is 1060. The van der Waals surface area contributed by atoms with Crippen molar-refractivity contribution in [2.75, 3.05) is 29.5 Å². The number of pyridine rings is 1. The third-order valence-electron chi connectivity index (χ3n) is 3.95. The molecule has 2 aromatic carbocycles. The molecule has 3 aromatic rings. The number of methoxy groups -OCH3 is 1. The van der Waals surface area contributed by atoms with Crippen LogP contribution in [0.2, 0.25) is 0 Å². The summed E-state index contributed by atoms with van der Waals surface area (Å²) in [4.78, 5) is 16.8. The molecule has 3 rings (SSSR count). The first-order chi connectivity index (χ1) is 12.9. The zero-order valence-corrected chi connectivity index (χ0v) is 15.7. The summed E-state index contributed by atoms with van der Waals surface area (Å²) in [6, 6.07) is 15.6. The molecule has 0 bridgehead atoms. The minimum Gasteiger partial charge on any atom is -0.497 e. The lowest BCUT2D eigenvalue weighted by Gasteiger charge is -2.22. The molecule has 0 atom stereocenters. The number of aromatic nitrogens is 1. The second-order valence-electron chi connectivity index (χ2n) is 5.90. The van der Waals surface area contributed by atoms with Gasteiger partial charge in [-0.05, 0) is 36.4 Å².